The zero-order chi connectivity index (χ0) is 15.5. The minimum absolute atomic E-state index is 0.242. The Balaban J connectivity index is 2.03. The zero-order valence-corrected chi connectivity index (χ0v) is 11.4. The van der Waals surface area contributed by atoms with E-state index in [9.17, 15) is 13.2 Å². The first kappa shape index (κ1) is 15.3. The van der Waals surface area contributed by atoms with Crippen LogP contribution in [0, 0.1) is 6.92 Å². The van der Waals surface area contributed by atoms with E-state index in [1.54, 1.807) is 12.1 Å². The van der Waals surface area contributed by atoms with Crippen molar-refractivity contribution in [3.63, 3.8) is 0 Å². The molecule has 1 aromatic carbocycles. The number of aromatic nitrogens is 1. The number of nitrogens with two attached hydrogens (primary N) is 1. The minimum atomic E-state index is -4.68. The van der Waals surface area contributed by atoms with Crippen molar-refractivity contribution in [2.75, 3.05) is 0 Å². The van der Waals surface area contributed by atoms with Gasteiger partial charge in [0, 0.05) is 5.69 Å². The largest absolute Gasteiger partial charge is 0.573 e. The van der Waals surface area contributed by atoms with E-state index in [-0.39, 0.29) is 11.8 Å². The minimum Gasteiger partial charge on any atom is -0.406 e. The summed E-state index contributed by atoms with van der Waals surface area (Å²) in [6.45, 7) is 1.87. The molecule has 0 saturated carbocycles. The van der Waals surface area contributed by atoms with Crippen molar-refractivity contribution in [2.24, 2.45) is 5.73 Å². The molecule has 0 saturated heterocycles. The predicted octanol–water partition coefficient (Wildman–Crippen LogP) is 3.53. The second-order valence-corrected chi connectivity index (χ2v) is 4.71. The van der Waals surface area contributed by atoms with E-state index < -0.39 is 6.36 Å². The van der Waals surface area contributed by atoms with Crippen LogP contribution >= 0.6 is 0 Å². The van der Waals surface area contributed by atoms with Gasteiger partial charge in [0.05, 0.1) is 11.7 Å². The van der Waals surface area contributed by atoms with Crippen LogP contribution in [-0.4, -0.2) is 11.3 Å². The average molecular weight is 296 g/mol. The quantitative estimate of drug-likeness (QED) is 0.939. The number of rotatable bonds is 4. The molecule has 0 aliphatic carbocycles. The molecule has 21 heavy (non-hydrogen) atoms. The van der Waals surface area contributed by atoms with Crippen LogP contribution in [0.2, 0.25) is 0 Å². The summed E-state index contributed by atoms with van der Waals surface area (Å²) in [6.07, 6.45) is -4.19. The van der Waals surface area contributed by atoms with Crippen molar-refractivity contribution in [3.05, 3.63) is 59.4 Å². The fraction of sp³-hybridized carbons (Fsp3) is 0.267. The van der Waals surface area contributed by atoms with Gasteiger partial charge in [-0.05, 0) is 43.2 Å². The number of ether oxygens (including phenoxy) is 1. The Labute approximate surface area is 120 Å². The lowest BCUT2D eigenvalue weighted by Crippen LogP contribution is -2.17. The Morgan fingerprint density at radius 2 is 1.81 bits per heavy atom. The highest BCUT2D eigenvalue weighted by atomic mass is 19.4. The maximum atomic E-state index is 12.1. The molecule has 1 aromatic heterocycles. The van der Waals surface area contributed by atoms with Crippen LogP contribution in [0.5, 0.6) is 5.75 Å². The van der Waals surface area contributed by atoms with Gasteiger partial charge in [0.1, 0.15) is 5.75 Å². The molecule has 112 valence electrons. The molecule has 2 aromatic rings. The fourth-order valence-corrected chi connectivity index (χ4v) is 1.96. The topological polar surface area (TPSA) is 48.1 Å². The first-order chi connectivity index (χ1) is 9.83. The maximum Gasteiger partial charge on any atom is 0.573 e. The lowest BCUT2D eigenvalue weighted by Gasteiger charge is -2.13. The first-order valence-electron chi connectivity index (χ1n) is 6.37. The van der Waals surface area contributed by atoms with Crippen LogP contribution in [-0.2, 0) is 6.42 Å². The van der Waals surface area contributed by atoms with E-state index in [0.717, 1.165) is 17.0 Å². The summed E-state index contributed by atoms with van der Waals surface area (Å²) in [6, 6.07) is 11.0. The maximum absolute atomic E-state index is 12.1. The summed E-state index contributed by atoms with van der Waals surface area (Å²) in [5.41, 5.74) is 8.51. The molecule has 2 rings (SSSR count). The third kappa shape index (κ3) is 4.75. The molecule has 0 aliphatic heterocycles. The number of benzene rings is 1. The molecule has 0 aliphatic rings. The first-order valence-corrected chi connectivity index (χ1v) is 6.37. The number of pyridine rings is 1. The molecule has 2 N–H and O–H groups in total. The Bertz CT molecular complexity index is 597. The van der Waals surface area contributed by atoms with E-state index in [1.165, 1.54) is 12.1 Å². The second kappa shape index (κ2) is 6.13. The summed E-state index contributed by atoms with van der Waals surface area (Å²) in [5, 5.41) is 0. The molecular weight excluding hydrogens is 281 g/mol. The van der Waals surface area contributed by atoms with Crippen molar-refractivity contribution in [3.8, 4) is 5.75 Å². The number of hydrogen-bond acceptors (Lipinski definition) is 3. The normalized spacial score (nSPS) is 13.0. The van der Waals surface area contributed by atoms with Crippen molar-refractivity contribution in [1.82, 2.24) is 4.98 Å². The average Bonchev–Trinajstić information content (AvgIpc) is 2.39. The number of alkyl halides is 3. The van der Waals surface area contributed by atoms with Gasteiger partial charge in [-0.1, -0.05) is 18.2 Å². The molecule has 6 heteroatoms. The molecule has 0 bridgehead atoms. The number of aryl methyl sites for hydroxylation is 1. The number of halogens is 3. The molecule has 1 atom stereocenters. The highest BCUT2D eigenvalue weighted by Gasteiger charge is 2.30. The summed E-state index contributed by atoms with van der Waals surface area (Å²) in [5.74, 6) is -0.242. The van der Waals surface area contributed by atoms with Gasteiger partial charge in [-0.2, -0.15) is 0 Å². The van der Waals surface area contributed by atoms with Crippen LogP contribution in [0.25, 0.3) is 0 Å². The number of nitrogens with zero attached hydrogens (tertiary/aromatic N) is 1. The van der Waals surface area contributed by atoms with Crippen LogP contribution in [0.4, 0.5) is 13.2 Å². The van der Waals surface area contributed by atoms with Crippen molar-refractivity contribution in [2.45, 2.75) is 25.7 Å². The standard InChI is InChI=1S/C15H15F3N2O/c1-10-3-2-4-14(20-10)13(19)9-11-5-7-12(8-6-11)21-15(16,17)18/h2-8,13H,9,19H2,1H3. The molecule has 0 amide bonds. The second-order valence-electron chi connectivity index (χ2n) is 4.71. The van der Waals surface area contributed by atoms with E-state index in [0.29, 0.717) is 6.42 Å². The van der Waals surface area contributed by atoms with E-state index in [4.69, 9.17) is 5.73 Å². The van der Waals surface area contributed by atoms with Crippen LogP contribution in [0.1, 0.15) is 23.0 Å². The Hall–Kier alpha value is -2.08. The number of hydrogen-bond donors (Lipinski definition) is 1. The molecule has 3 nitrogen and oxygen atoms in total. The highest BCUT2D eigenvalue weighted by Crippen LogP contribution is 2.23. The van der Waals surface area contributed by atoms with Gasteiger partial charge in [0.25, 0.3) is 0 Å². The van der Waals surface area contributed by atoms with Crippen molar-refractivity contribution < 1.29 is 17.9 Å². The van der Waals surface area contributed by atoms with Gasteiger partial charge >= 0.3 is 6.36 Å². The summed E-state index contributed by atoms with van der Waals surface area (Å²) in [7, 11) is 0. The Kier molecular flexibility index (Phi) is 4.47. The summed E-state index contributed by atoms with van der Waals surface area (Å²) < 4.78 is 40.0. The Morgan fingerprint density at radius 3 is 2.38 bits per heavy atom. The third-order valence-corrected chi connectivity index (χ3v) is 2.90. The fourth-order valence-electron chi connectivity index (χ4n) is 1.96. The van der Waals surface area contributed by atoms with E-state index >= 15 is 0 Å². The van der Waals surface area contributed by atoms with Gasteiger partial charge in [0.15, 0.2) is 0 Å². The molecule has 0 fully saturated rings. The van der Waals surface area contributed by atoms with E-state index in [1.807, 2.05) is 25.1 Å². The summed E-state index contributed by atoms with van der Waals surface area (Å²) >= 11 is 0. The van der Waals surface area contributed by atoms with Gasteiger partial charge in [0.2, 0.25) is 0 Å². The smallest absolute Gasteiger partial charge is 0.406 e. The van der Waals surface area contributed by atoms with Gasteiger partial charge < -0.3 is 10.5 Å². The lowest BCUT2D eigenvalue weighted by molar-refractivity contribution is -0.274. The van der Waals surface area contributed by atoms with Crippen molar-refractivity contribution >= 4 is 0 Å². The molecule has 1 unspecified atom stereocenters. The third-order valence-electron chi connectivity index (χ3n) is 2.90. The van der Waals surface area contributed by atoms with Crippen molar-refractivity contribution in [1.29, 1.82) is 0 Å². The molecule has 0 spiro atoms. The van der Waals surface area contributed by atoms with Crippen LogP contribution < -0.4 is 10.5 Å². The molecule has 1 heterocycles. The zero-order valence-electron chi connectivity index (χ0n) is 11.4. The van der Waals surface area contributed by atoms with E-state index in [2.05, 4.69) is 9.72 Å². The molecule has 0 radical (unpaired) electrons. The van der Waals surface area contributed by atoms with Gasteiger partial charge in [-0.3, -0.25) is 4.98 Å². The SMILES string of the molecule is Cc1cccc(C(N)Cc2ccc(OC(F)(F)F)cc2)n1. The lowest BCUT2D eigenvalue weighted by atomic mass is 10.0. The highest BCUT2D eigenvalue weighted by molar-refractivity contribution is 5.28. The van der Waals surface area contributed by atoms with Gasteiger partial charge in [-0.15, -0.1) is 13.2 Å². The monoisotopic (exact) mass is 296 g/mol. The summed E-state index contributed by atoms with van der Waals surface area (Å²) in [4.78, 5) is 4.34. The van der Waals surface area contributed by atoms with Crippen LogP contribution in [0.3, 0.4) is 0 Å². The van der Waals surface area contributed by atoms with Gasteiger partial charge in [-0.25, -0.2) is 0 Å². The predicted molar refractivity (Wildman–Crippen MR) is 72.7 cm³/mol. The Morgan fingerprint density at radius 1 is 1.14 bits per heavy atom. The molecular formula is C15H15F3N2O. The van der Waals surface area contributed by atoms with Crippen LogP contribution in [0.15, 0.2) is 42.5 Å².